The van der Waals surface area contributed by atoms with E-state index in [1.54, 1.807) is 24.3 Å². The molecule has 2 amide bonds. The van der Waals surface area contributed by atoms with Crippen LogP contribution in [0, 0.1) is 0 Å². The van der Waals surface area contributed by atoms with Crippen molar-refractivity contribution in [1.82, 2.24) is 0 Å². The van der Waals surface area contributed by atoms with Gasteiger partial charge in [-0.2, -0.15) is 0 Å². The average Bonchev–Trinajstić information content (AvgIpc) is 2.32. The van der Waals surface area contributed by atoms with Gasteiger partial charge in [0.1, 0.15) is 0 Å². The number of anilines is 2. The largest absolute Gasteiger partial charge is 0.326 e. The molecule has 2 N–H and O–H groups in total. The first-order chi connectivity index (χ1) is 8.65. The zero-order chi connectivity index (χ0) is 13.4. The van der Waals surface area contributed by atoms with E-state index in [0.717, 1.165) is 11.4 Å². The fourth-order valence-corrected chi connectivity index (χ4v) is 1.98. The molecule has 1 aromatic rings. The summed E-state index contributed by atoms with van der Waals surface area (Å²) in [6, 6.07) is 7.04. The summed E-state index contributed by atoms with van der Waals surface area (Å²) in [5.74, 6) is -0.0779. The molecule has 0 spiro atoms. The molecule has 6 heteroatoms. The van der Waals surface area contributed by atoms with E-state index < -0.39 is 0 Å². The number of halogens is 2. The number of nitrogens with one attached hydrogen (secondary N) is 2. The third kappa shape index (κ3) is 5.64. The predicted molar refractivity (Wildman–Crippen MR) is 80.5 cm³/mol. The summed E-state index contributed by atoms with van der Waals surface area (Å²) in [5, 5.41) is 6.80. The van der Waals surface area contributed by atoms with Crippen LogP contribution < -0.4 is 10.6 Å². The van der Waals surface area contributed by atoms with Crippen molar-refractivity contribution in [1.29, 1.82) is 0 Å². The zero-order valence-corrected chi connectivity index (χ0v) is 12.9. The van der Waals surface area contributed by atoms with Crippen molar-refractivity contribution in [3.8, 4) is 0 Å². The number of carbonyl (C=O) groups is 2. The maximum absolute atomic E-state index is 11.3. The van der Waals surface area contributed by atoms with Gasteiger partial charge in [-0.25, -0.2) is 0 Å². The van der Waals surface area contributed by atoms with Gasteiger partial charge in [0.05, 0.1) is 0 Å². The molecule has 0 bridgehead atoms. The van der Waals surface area contributed by atoms with Crippen LogP contribution in [0.2, 0.25) is 0 Å². The first kappa shape index (κ1) is 15.2. The van der Waals surface area contributed by atoms with Crippen molar-refractivity contribution < 1.29 is 9.59 Å². The number of carbonyl (C=O) groups excluding carboxylic acids is 2. The second-order valence-corrected chi connectivity index (χ2v) is 5.14. The Labute approximate surface area is 123 Å². The van der Waals surface area contributed by atoms with Crippen molar-refractivity contribution in [2.75, 3.05) is 21.3 Å². The molecular formula is C12H14Br2N2O2. The Balaban J connectivity index is 2.52. The van der Waals surface area contributed by atoms with E-state index in [1.807, 2.05) is 0 Å². The molecule has 0 saturated heterocycles. The maximum atomic E-state index is 11.3. The summed E-state index contributed by atoms with van der Waals surface area (Å²) >= 11 is 6.41. The summed E-state index contributed by atoms with van der Waals surface area (Å²) in [6.45, 7) is 0. The normalized spacial score (nSPS) is 9.89. The monoisotopic (exact) mass is 376 g/mol. The third-order valence-corrected chi connectivity index (χ3v) is 2.89. The molecule has 0 saturated carbocycles. The topological polar surface area (TPSA) is 58.2 Å². The number of rotatable bonds is 6. The number of alkyl halides is 2. The molecule has 0 atom stereocenters. The Kier molecular flexibility index (Phi) is 6.97. The van der Waals surface area contributed by atoms with E-state index in [-0.39, 0.29) is 11.8 Å². The first-order valence-electron chi connectivity index (χ1n) is 5.47. The Hall–Kier alpha value is -0.880. The lowest BCUT2D eigenvalue weighted by molar-refractivity contribution is -0.116. The summed E-state index contributed by atoms with van der Waals surface area (Å²) in [5.41, 5.74) is 1.44. The van der Waals surface area contributed by atoms with Crippen LogP contribution in [0.3, 0.4) is 0 Å². The summed E-state index contributed by atoms with van der Waals surface area (Å²) in [6.07, 6.45) is 0.869. The van der Waals surface area contributed by atoms with Crippen LogP contribution >= 0.6 is 31.9 Å². The Morgan fingerprint density at radius 2 is 1.17 bits per heavy atom. The summed E-state index contributed by atoms with van der Waals surface area (Å²) in [4.78, 5) is 22.7. The molecule has 0 unspecified atom stereocenters. The molecule has 1 rings (SSSR count). The minimum atomic E-state index is -0.0389. The first-order valence-corrected chi connectivity index (χ1v) is 7.71. The number of benzene rings is 1. The predicted octanol–water partition coefficient (Wildman–Crippen LogP) is 3.13. The van der Waals surface area contributed by atoms with Gasteiger partial charge in [-0.15, -0.1) is 0 Å². The average molecular weight is 378 g/mol. The van der Waals surface area contributed by atoms with Gasteiger partial charge in [0, 0.05) is 34.9 Å². The third-order valence-electron chi connectivity index (χ3n) is 2.10. The second kappa shape index (κ2) is 8.26. The maximum Gasteiger partial charge on any atom is 0.225 e. The molecule has 0 fully saturated rings. The van der Waals surface area contributed by atoms with Crippen molar-refractivity contribution in [3.63, 3.8) is 0 Å². The van der Waals surface area contributed by atoms with Crippen LogP contribution in [-0.4, -0.2) is 22.5 Å². The van der Waals surface area contributed by atoms with Crippen LogP contribution in [-0.2, 0) is 9.59 Å². The van der Waals surface area contributed by atoms with Crippen LogP contribution in [0.1, 0.15) is 12.8 Å². The van der Waals surface area contributed by atoms with Gasteiger partial charge in [-0.3, -0.25) is 9.59 Å². The van der Waals surface area contributed by atoms with Crippen molar-refractivity contribution in [2.24, 2.45) is 0 Å². The lowest BCUT2D eigenvalue weighted by Crippen LogP contribution is -2.13. The Bertz CT molecular complexity index is 368. The minimum absolute atomic E-state index is 0.0389. The molecule has 0 heterocycles. The fourth-order valence-electron chi connectivity index (χ4n) is 1.26. The lowest BCUT2D eigenvalue weighted by atomic mass is 10.2. The van der Waals surface area contributed by atoms with E-state index in [9.17, 15) is 9.59 Å². The molecule has 4 nitrogen and oxygen atoms in total. The number of hydrogen-bond acceptors (Lipinski definition) is 2. The van der Waals surface area contributed by atoms with Gasteiger partial charge >= 0.3 is 0 Å². The molecule has 0 aromatic heterocycles. The van der Waals surface area contributed by atoms with Gasteiger partial charge in [0.15, 0.2) is 0 Å². The van der Waals surface area contributed by atoms with Crippen molar-refractivity contribution in [3.05, 3.63) is 24.3 Å². The van der Waals surface area contributed by atoms with E-state index in [0.29, 0.717) is 23.5 Å². The summed E-state index contributed by atoms with van der Waals surface area (Å²) in [7, 11) is 0. The molecule has 0 radical (unpaired) electrons. The van der Waals surface area contributed by atoms with Crippen molar-refractivity contribution in [2.45, 2.75) is 12.8 Å². The van der Waals surface area contributed by atoms with E-state index in [2.05, 4.69) is 42.5 Å². The molecule has 98 valence electrons. The zero-order valence-electron chi connectivity index (χ0n) is 9.71. The van der Waals surface area contributed by atoms with Crippen LogP contribution in [0.25, 0.3) is 0 Å². The molecule has 1 aromatic carbocycles. The molecular weight excluding hydrogens is 364 g/mol. The highest BCUT2D eigenvalue weighted by atomic mass is 79.9. The van der Waals surface area contributed by atoms with E-state index in [4.69, 9.17) is 0 Å². The minimum Gasteiger partial charge on any atom is -0.326 e. The highest BCUT2D eigenvalue weighted by Crippen LogP contribution is 2.14. The van der Waals surface area contributed by atoms with Crippen LogP contribution in [0.5, 0.6) is 0 Å². The standard InChI is InChI=1S/C12H14Br2N2O2/c13-7-5-11(17)15-9-1-2-10(4-3-9)16-12(18)6-8-14/h1-4H,5-8H2,(H,15,17)(H,16,18). The van der Waals surface area contributed by atoms with Gasteiger partial charge in [-0.05, 0) is 24.3 Å². The van der Waals surface area contributed by atoms with Gasteiger partial charge in [0.25, 0.3) is 0 Å². The van der Waals surface area contributed by atoms with E-state index in [1.165, 1.54) is 0 Å². The molecule has 18 heavy (non-hydrogen) atoms. The van der Waals surface area contributed by atoms with Crippen molar-refractivity contribution >= 4 is 55.0 Å². The Morgan fingerprint density at radius 1 is 0.833 bits per heavy atom. The number of amides is 2. The summed E-state index contributed by atoms with van der Waals surface area (Å²) < 4.78 is 0. The van der Waals surface area contributed by atoms with Gasteiger partial charge in [-0.1, -0.05) is 31.9 Å². The highest BCUT2D eigenvalue weighted by Gasteiger charge is 2.03. The highest BCUT2D eigenvalue weighted by molar-refractivity contribution is 9.09. The lowest BCUT2D eigenvalue weighted by Gasteiger charge is -2.07. The van der Waals surface area contributed by atoms with Crippen LogP contribution in [0.15, 0.2) is 24.3 Å². The quantitative estimate of drug-likeness (QED) is 0.748. The fraction of sp³-hybridized carbons (Fsp3) is 0.333. The Morgan fingerprint density at radius 3 is 1.44 bits per heavy atom. The van der Waals surface area contributed by atoms with Crippen LogP contribution in [0.4, 0.5) is 11.4 Å². The van der Waals surface area contributed by atoms with Gasteiger partial charge < -0.3 is 10.6 Å². The van der Waals surface area contributed by atoms with Gasteiger partial charge in [0.2, 0.25) is 11.8 Å². The SMILES string of the molecule is O=C(CCBr)Nc1ccc(NC(=O)CCBr)cc1. The number of hydrogen-bond donors (Lipinski definition) is 2. The molecule has 0 aliphatic carbocycles. The molecule has 0 aliphatic rings. The molecule has 0 aliphatic heterocycles. The van der Waals surface area contributed by atoms with E-state index >= 15 is 0 Å². The second-order valence-electron chi connectivity index (χ2n) is 3.55. The smallest absolute Gasteiger partial charge is 0.225 e.